The molecule has 0 atom stereocenters. The van der Waals surface area contributed by atoms with Crippen LogP contribution in [0, 0.1) is 0 Å². The van der Waals surface area contributed by atoms with Gasteiger partial charge in [-0.1, -0.05) is 0 Å². The Labute approximate surface area is 107 Å². The minimum Gasteiger partial charge on any atom is -0.399 e. The molecule has 0 saturated heterocycles. The molecule has 98 valence electrons. The van der Waals surface area contributed by atoms with Gasteiger partial charge in [0.1, 0.15) is 10.4 Å². The molecule has 10 heteroatoms. The van der Waals surface area contributed by atoms with Crippen LogP contribution < -0.4 is 5.73 Å². The van der Waals surface area contributed by atoms with Gasteiger partial charge in [-0.25, -0.2) is 13.4 Å². The highest BCUT2D eigenvalue weighted by Gasteiger charge is 2.21. The van der Waals surface area contributed by atoms with Crippen molar-refractivity contribution < 1.29 is 21.4 Å². The van der Waals surface area contributed by atoms with Crippen LogP contribution in [0.25, 0.3) is 10.2 Å². The van der Waals surface area contributed by atoms with Gasteiger partial charge in [-0.3, -0.25) is 4.55 Å². The Morgan fingerprint density at radius 1 is 1.28 bits per heavy atom. The Kier molecular flexibility index (Phi) is 2.85. The van der Waals surface area contributed by atoms with Gasteiger partial charge in [0.15, 0.2) is 0 Å². The van der Waals surface area contributed by atoms with E-state index in [0.717, 1.165) is 23.7 Å². The third-order valence-electron chi connectivity index (χ3n) is 2.06. The van der Waals surface area contributed by atoms with E-state index in [2.05, 4.69) is 4.98 Å². The van der Waals surface area contributed by atoms with E-state index < -0.39 is 24.9 Å². The number of nitrogen functional groups attached to an aromatic ring is 1. The summed E-state index contributed by atoms with van der Waals surface area (Å²) in [7, 11) is -8.06. The van der Waals surface area contributed by atoms with Gasteiger partial charge in [0.25, 0.3) is 10.1 Å². The molecule has 0 unspecified atom stereocenters. The number of fused-ring (bicyclic) bond motifs is 1. The second-order valence-electron chi connectivity index (χ2n) is 3.59. The molecule has 2 rings (SSSR count). The zero-order valence-corrected chi connectivity index (χ0v) is 11.4. The molecule has 0 radical (unpaired) electrons. The van der Waals surface area contributed by atoms with Gasteiger partial charge in [-0.05, 0) is 12.1 Å². The van der Waals surface area contributed by atoms with E-state index in [1.807, 2.05) is 0 Å². The smallest absolute Gasteiger partial charge is 0.296 e. The van der Waals surface area contributed by atoms with E-state index in [9.17, 15) is 16.8 Å². The first-order valence-electron chi connectivity index (χ1n) is 4.46. The summed E-state index contributed by atoms with van der Waals surface area (Å²) in [6.07, 6.45) is 0.960. The van der Waals surface area contributed by atoms with Gasteiger partial charge in [0.2, 0.25) is 14.2 Å². The maximum absolute atomic E-state index is 11.4. The molecular formula is C8H8N2O5S3. The highest BCUT2D eigenvalue weighted by Crippen LogP contribution is 2.32. The SMILES string of the molecule is CS(=O)(=O)c1nc2c(S(=O)(=O)O)cc(N)cc2s1. The van der Waals surface area contributed by atoms with Crippen LogP contribution in [0.1, 0.15) is 0 Å². The van der Waals surface area contributed by atoms with Crippen LogP contribution in [0.5, 0.6) is 0 Å². The molecular weight excluding hydrogens is 300 g/mol. The van der Waals surface area contributed by atoms with Crippen molar-refractivity contribution in [2.45, 2.75) is 9.24 Å². The van der Waals surface area contributed by atoms with Gasteiger partial charge < -0.3 is 5.73 Å². The lowest BCUT2D eigenvalue weighted by Crippen LogP contribution is -2.01. The molecule has 0 saturated carbocycles. The number of anilines is 1. The number of nitrogens with zero attached hydrogens (tertiary/aromatic N) is 1. The monoisotopic (exact) mass is 308 g/mol. The molecule has 7 nitrogen and oxygen atoms in total. The third-order valence-corrected chi connectivity index (χ3v) is 5.61. The first-order chi connectivity index (χ1) is 8.09. The molecule has 0 fully saturated rings. The topological polar surface area (TPSA) is 127 Å². The van der Waals surface area contributed by atoms with Crippen molar-refractivity contribution in [2.24, 2.45) is 0 Å². The molecule has 1 heterocycles. The van der Waals surface area contributed by atoms with Crippen LogP contribution in [-0.4, -0.2) is 32.6 Å². The molecule has 18 heavy (non-hydrogen) atoms. The summed E-state index contributed by atoms with van der Waals surface area (Å²) in [6, 6.07) is 2.43. The number of sulfone groups is 1. The largest absolute Gasteiger partial charge is 0.399 e. The second-order valence-corrected chi connectivity index (χ2v) is 8.20. The fraction of sp³-hybridized carbons (Fsp3) is 0.125. The Morgan fingerprint density at radius 2 is 1.89 bits per heavy atom. The highest BCUT2D eigenvalue weighted by molar-refractivity contribution is 7.92. The number of thiazole rings is 1. The van der Waals surface area contributed by atoms with Gasteiger partial charge >= 0.3 is 0 Å². The molecule has 0 amide bonds. The molecule has 0 spiro atoms. The average molecular weight is 308 g/mol. The van der Waals surface area contributed by atoms with Crippen molar-refractivity contribution in [3.63, 3.8) is 0 Å². The molecule has 2 aromatic rings. The summed E-state index contributed by atoms with van der Waals surface area (Å²) in [5, 5.41) is 0. The van der Waals surface area contributed by atoms with Gasteiger partial charge in [0, 0.05) is 11.9 Å². The summed E-state index contributed by atoms with van der Waals surface area (Å²) in [5.74, 6) is 0. The van der Waals surface area contributed by atoms with Crippen molar-refractivity contribution >= 4 is 47.2 Å². The van der Waals surface area contributed by atoms with Crippen LogP contribution in [0.2, 0.25) is 0 Å². The molecule has 1 aromatic heterocycles. The predicted octanol–water partition coefficient (Wildman–Crippen LogP) is 0.529. The molecule has 3 N–H and O–H groups in total. The number of rotatable bonds is 2. The normalized spacial score (nSPS) is 13.0. The Balaban J connectivity index is 2.94. The predicted molar refractivity (Wildman–Crippen MR) is 67.0 cm³/mol. The van der Waals surface area contributed by atoms with E-state index in [4.69, 9.17) is 10.3 Å². The minimum atomic E-state index is -4.51. The lowest BCUT2D eigenvalue weighted by Gasteiger charge is -1.99. The number of nitrogens with two attached hydrogens (primary N) is 1. The quantitative estimate of drug-likeness (QED) is 0.611. The standard InChI is InChI=1S/C8H8N2O5S3/c1-17(11,12)8-10-7-5(16-8)2-4(9)3-6(7)18(13,14)15/h2-3H,9H2,1H3,(H,13,14,15). The number of hydrogen-bond acceptors (Lipinski definition) is 7. The van der Waals surface area contributed by atoms with Gasteiger partial charge in [-0.2, -0.15) is 8.42 Å². The number of benzene rings is 1. The zero-order chi connectivity index (χ0) is 13.7. The van der Waals surface area contributed by atoms with Gasteiger partial charge in [0.05, 0.1) is 4.70 Å². The average Bonchev–Trinajstić information content (AvgIpc) is 2.57. The van der Waals surface area contributed by atoms with E-state index in [0.29, 0.717) is 0 Å². The van der Waals surface area contributed by atoms with Crippen LogP contribution in [0.15, 0.2) is 21.4 Å². The highest BCUT2D eigenvalue weighted by atomic mass is 32.2. The Hall–Kier alpha value is -1.23. The molecule has 0 aliphatic heterocycles. The van der Waals surface area contributed by atoms with E-state index in [1.54, 1.807) is 0 Å². The second kappa shape index (κ2) is 3.88. The summed E-state index contributed by atoms with van der Waals surface area (Å²) in [4.78, 5) is 3.23. The van der Waals surface area contributed by atoms with Gasteiger partial charge in [-0.15, -0.1) is 11.3 Å². The minimum absolute atomic E-state index is 0.0961. The van der Waals surface area contributed by atoms with Crippen molar-refractivity contribution in [3.05, 3.63) is 12.1 Å². The Bertz CT molecular complexity index is 835. The maximum Gasteiger partial charge on any atom is 0.296 e. The lowest BCUT2D eigenvalue weighted by atomic mass is 10.3. The van der Waals surface area contributed by atoms with Crippen LogP contribution in [-0.2, 0) is 20.0 Å². The fourth-order valence-electron chi connectivity index (χ4n) is 1.35. The zero-order valence-electron chi connectivity index (χ0n) is 8.98. The summed E-state index contributed by atoms with van der Waals surface area (Å²) < 4.78 is 54.2. The number of hydrogen-bond donors (Lipinski definition) is 2. The third kappa shape index (κ3) is 2.32. The molecule has 0 aliphatic rings. The lowest BCUT2D eigenvalue weighted by molar-refractivity contribution is 0.484. The molecule has 0 aliphatic carbocycles. The summed E-state index contributed by atoms with van der Waals surface area (Å²) in [5.41, 5.74) is 5.49. The first kappa shape index (κ1) is 13.2. The summed E-state index contributed by atoms with van der Waals surface area (Å²) >= 11 is 0.794. The van der Waals surface area contributed by atoms with Crippen LogP contribution in [0.3, 0.4) is 0 Å². The van der Waals surface area contributed by atoms with Crippen molar-refractivity contribution in [1.29, 1.82) is 0 Å². The number of aromatic nitrogens is 1. The first-order valence-corrected chi connectivity index (χ1v) is 8.61. The van der Waals surface area contributed by atoms with Crippen LogP contribution >= 0.6 is 11.3 Å². The van der Waals surface area contributed by atoms with Crippen molar-refractivity contribution in [2.75, 3.05) is 12.0 Å². The van der Waals surface area contributed by atoms with E-state index in [1.165, 1.54) is 6.07 Å². The van der Waals surface area contributed by atoms with E-state index >= 15 is 0 Å². The van der Waals surface area contributed by atoms with Crippen molar-refractivity contribution in [1.82, 2.24) is 4.98 Å². The summed E-state index contributed by atoms with van der Waals surface area (Å²) in [6.45, 7) is 0. The Morgan fingerprint density at radius 3 is 2.39 bits per heavy atom. The maximum atomic E-state index is 11.4. The molecule has 0 bridgehead atoms. The van der Waals surface area contributed by atoms with Crippen molar-refractivity contribution in [3.8, 4) is 0 Å². The fourth-order valence-corrected chi connectivity index (χ4v) is 4.01. The molecule has 1 aromatic carbocycles. The van der Waals surface area contributed by atoms with Crippen LogP contribution in [0.4, 0.5) is 5.69 Å². The van der Waals surface area contributed by atoms with E-state index in [-0.39, 0.29) is 20.2 Å².